The smallest absolute Gasteiger partial charge is 0.319 e. The molecule has 1 heterocycles. The van der Waals surface area contributed by atoms with Crippen LogP contribution in [0.3, 0.4) is 0 Å². The third-order valence-corrected chi connectivity index (χ3v) is 3.89. The van der Waals surface area contributed by atoms with Gasteiger partial charge in [0, 0.05) is 18.3 Å². The fourth-order valence-corrected chi connectivity index (χ4v) is 2.62. The molecule has 6 heteroatoms. The van der Waals surface area contributed by atoms with Gasteiger partial charge in [0.1, 0.15) is 5.75 Å². The van der Waals surface area contributed by atoms with Crippen molar-refractivity contribution in [1.29, 1.82) is 0 Å². The van der Waals surface area contributed by atoms with Gasteiger partial charge in [-0.3, -0.25) is 0 Å². The molecule has 2 amide bonds. The Bertz CT molecular complexity index is 741. The lowest BCUT2D eigenvalue weighted by Gasteiger charge is -2.12. The van der Waals surface area contributed by atoms with Crippen molar-refractivity contribution in [1.82, 2.24) is 5.32 Å². The second-order valence-corrected chi connectivity index (χ2v) is 5.87. The number of aryl methyl sites for hydroxylation is 2. The number of anilines is 1. The Morgan fingerprint density at radius 3 is 2.68 bits per heavy atom. The van der Waals surface area contributed by atoms with Gasteiger partial charge in [-0.1, -0.05) is 18.2 Å². The highest BCUT2D eigenvalue weighted by Crippen LogP contribution is 2.34. The third-order valence-electron chi connectivity index (χ3n) is 3.89. The fraction of sp³-hybridized carbons (Fsp3) is 0.316. The standard InChI is InChI=1S/C19H22N2O4/c1-13-5-3-6-14(2)18(13)23-10-4-9-20-19(22)21-15-7-8-16-17(11-15)25-12-24-16/h3,5-8,11H,4,9-10,12H2,1-2H3,(H2,20,21,22). The number of fused-ring (bicyclic) bond motifs is 1. The number of amides is 2. The average molecular weight is 342 g/mol. The molecular formula is C19H22N2O4. The first-order chi connectivity index (χ1) is 12.1. The maximum absolute atomic E-state index is 11.9. The van der Waals surface area contributed by atoms with E-state index in [-0.39, 0.29) is 12.8 Å². The number of hydrogen-bond acceptors (Lipinski definition) is 4. The van der Waals surface area contributed by atoms with Crippen LogP contribution in [0.4, 0.5) is 10.5 Å². The Morgan fingerprint density at radius 1 is 1.12 bits per heavy atom. The summed E-state index contributed by atoms with van der Waals surface area (Å²) in [6, 6.07) is 11.1. The lowest BCUT2D eigenvalue weighted by atomic mass is 10.1. The highest BCUT2D eigenvalue weighted by Gasteiger charge is 2.14. The summed E-state index contributed by atoms with van der Waals surface area (Å²) in [4.78, 5) is 11.9. The Labute approximate surface area is 147 Å². The number of nitrogens with one attached hydrogen (secondary N) is 2. The molecule has 0 bridgehead atoms. The molecule has 3 rings (SSSR count). The Hall–Kier alpha value is -2.89. The second kappa shape index (κ2) is 7.79. The summed E-state index contributed by atoms with van der Waals surface area (Å²) in [5, 5.41) is 5.58. The van der Waals surface area contributed by atoms with E-state index in [9.17, 15) is 4.79 Å². The van der Waals surface area contributed by atoms with Crippen LogP contribution in [0.15, 0.2) is 36.4 Å². The van der Waals surface area contributed by atoms with Crippen LogP contribution in [0.25, 0.3) is 0 Å². The van der Waals surface area contributed by atoms with Crippen LogP contribution < -0.4 is 24.8 Å². The predicted molar refractivity (Wildman–Crippen MR) is 95.6 cm³/mol. The topological polar surface area (TPSA) is 68.8 Å². The zero-order valence-corrected chi connectivity index (χ0v) is 14.4. The highest BCUT2D eigenvalue weighted by molar-refractivity contribution is 5.89. The van der Waals surface area contributed by atoms with Crippen molar-refractivity contribution < 1.29 is 19.0 Å². The first-order valence-corrected chi connectivity index (χ1v) is 8.27. The molecule has 1 aliphatic rings. The third kappa shape index (κ3) is 4.35. The van der Waals surface area contributed by atoms with E-state index in [0.29, 0.717) is 30.3 Å². The van der Waals surface area contributed by atoms with Crippen molar-refractivity contribution in [2.24, 2.45) is 0 Å². The summed E-state index contributed by atoms with van der Waals surface area (Å²) in [6.07, 6.45) is 0.725. The van der Waals surface area contributed by atoms with E-state index in [4.69, 9.17) is 14.2 Å². The van der Waals surface area contributed by atoms with Crippen LogP contribution in [-0.4, -0.2) is 26.0 Å². The fourth-order valence-electron chi connectivity index (χ4n) is 2.62. The maximum atomic E-state index is 11.9. The van der Waals surface area contributed by atoms with Crippen LogP contribution in [0.1, 0.15) is 17.5 Å². The molecule has 2 N–H and O–H groups in total. The SMILES string of the molecule is Cc1cccc(C)c1OCCCNC(=O)Nc1ccc2c(c1)OCO2. The molecule has 132 valence electrons. The van der Waals surface area contributed by atoms with Crippen molar-refractivity contribution in [2.45, 2.75) is 20.3 Å². The van der Waals surface area contributed by atoms with Gasteiger partial charge in [-0.05, 0) is 43.5 Å². The van der Waals surface area contributed by atoms with E-state index in [0.717, 1.165) is 23.3 Å². The second-order valence-electron chi connectivity index (χ2n) is 5.87. The molecule has 0 aromatic heterocycles. The monoisotopic (exact) mass is 342 g/mol. The van der Waals surface area contributed by atoms with Gasteiger partial charge in [0.05, 0.1) is 6.61 Å². The van der Waals surface area contributed by atoms with E-state index in [1.54, 1.807) is 18.2 Å². The quantitative estimate of drug-likeness (QED) is 0.787. The zero-order valence-electron chi connectivity index (χ0n) is 14.4. The van der Waals surface area contributed by atoms with Crippen LogP contribution in [0.2, 0.25) is 0 Å². The summed E-state index contributed by atoms with van der Waals surface area (Å²) in [7, 11) is 0. The Balaban J connectivity index is 1.38. The van der Waals surface area contributed by atoms with Crippen molar-refractivity contribution in [2.75, 3.05) is 25.3 Å². The molecular weight excluding hydrogens is 320 g/mol. The predicted octanol–water partition coefficient (Wildman–Crippen LogP) is 3.62. The van der Waals surface area contributed by atoms with Gasteiger partial charge in [0.2, 0.25) is 6.79 Å². The van der Waals surface area contributed by atoms with Crippen LogP contribution in [0.5, 0.6) is 17.2 Å². The van der Waals surface area contributed by atoms with Crippen molar-refractivity contribution in [3.8, 4) is 17.2 Å². The molecule has 0 saturated carbocycles. The van der Waals surface area contributed by atoms with E-state index in [1.165, 1.54) is 0 Å². The minimum Gasteiger partial charge on any atom is -0.493 e. The minimum atomic E-state index is -0.258. The van der Waals surface area contributed by atoms with E-state index < -0.39 is 0 Å². The van der Waals surface area contributed by atoms with Crippen LogP contribution in [0, 0.1) is 13.8 Å². The number of rotatable bonds is 6. The van der Waals surface area contributed by atoms with Gasteiger partial charge in [-0.25, -0.2) is 4.79 Å². The summed E-state index contributed by atoms with van der Waals surface area (Å²) in [5.41, 5.74) is 2.90. The number of carbonyl (C=O) groups excluding carboxylic acids is 1. The summed E-state index contributed by atoms with van der Waals surface area (Å²) >= 11 is 0. The normalized spacial score (nSPS) is 11.9. The van der Waals surface area contributed by atoms with Gasteiger partial charge in [0.15, 0.2) is 11.5 Å². The molecule has 0 fully saturated rings. The Kier molecular flexibility index (Phi) is 5.28. The number of ether oxygens (including phenoxy) is 3. The number of benzene rings is 2. The largest absolute Gasteiger partial charge is 0.493 e. The minimum absolute atomic E-state index is 0.214. The van der Waals surface area contributed by atoms with E-state index >= 15 is 0 Å². The zero-order chi connectivity index (χ0) is 17.6. The van der Waals surface area contributed by atoms with Gasteiger partial charge >= 0.3 is 6.03 Å². The summed E-state index contributed by atoms with van der Waals surface area (Å²) in [6.45, 7) is 5.35. The molecule has 25 heavy (non-hydrogen) atoms. The molecule has 0 saturated heterocycles. The van der Waals surface area contributed by atoms with Gasteiger partial charge < -0.3 is 24.8 Å². The molecule has 0 spiro atoms. The molecule has 6 nitrogen and oxygen atoms in total. The Morgan fingerprint density at radius 2 is 1.88 bits per heavy atom. The molecule has 2 aromatic carbocycles. The van der Waals surface area contributed by atoms with Gasteiger partial charge in [-0.15, -0.1) is 0 Å². The number of carbonyl (C=O) groups is 1. The lowest BCUT2D eigenvalue weighted by molar-refractivity contribution is 0.174. The first kappa shape index (κ1) is 17.0. The lowest BCUT2D eigenvalue weighted by Crippen LogP contribution is -2.30. The number of urea groups is 1. The van der Waals surface area contributed by atoms with Crippen molar-refractivity contribution in [3.63, 3.8) is 0 Å². The molecule has 1 aliphatic heterocycles. The average Bonchev–Trinajstić information content (AvgIpc) is 3.04. The molecule has 2 aromatic rings. The van der Waals surface area contributed by atoms with Crippen LogP contribution >= 0.6 is 0 Å². The highest BCUT2D eigenvalue weighted by atomic mass is 16.7. The number of hydrogen-bond donors (Lipinski definition) is 2. The number of para-hydroxylation sites is 1. The van der Waals surface area contributed by atoms with Crippen molar-refractivity contribution in [3.05, 3.63) is 47.5 Å². The summed E-state index contributed by atoms with van der Waals surface area (Å²) < 4.78 is 16.3. The first-order valence-electron chi connectivity index (χ1n) is 8.27. The molecule has 0 atom stereocenters. The van der Waals surface area contributed by atoms with E-state index in [2.05, 4.69) is 10.6 Å². The van der Waals surface area contributed by atoms with Crippen molar-refractivity contribution >= 4 is 11.7 Å². The van der Waals surface area contributed by atoms with E-state index in [1.807, 2.05) is 32.0 Å². The van der Waals surface area contributed by atoms with Crippen LogP contribution in [-0.2, 0) is 0 Å². The molecule has 0 aliphatic carbocycles. The maximum Gasteiger partial charge on any atom is 0.319 e. The molecule has 0 unspecified atom stereocenters. The molecule has 0 radical (unpaired) electrons. The van der Waals surface area contributed by atoms with Gasteiger partial charge in [0.25, 0.3) is 0 Å². The summed E-state index contributed by atoms with van der Waals surface area (Å²) in [5.74, 6) is 2.25. The van der Waals surface area contributed by atoms with Gasteiger partial charge in [-0.2, -0.15) is 0 Å².